The number of anilines is 3. The SMILES string of the molecule is COc1c(Nc2cc(C)[nH]n2)nc(Sc2ccc(S(=O)(=O)C(C)(C)c3c(F)c(F)c(F)c(F)c3F)cc2F)nc1N1CCOCC1. The van der Waals surface area contributed by atoms with E-state index >= 15 is 4.39 Å². The van der Waals surface area contributed by atoms with Crippen LogP contribution in [-0.2, 0) is 19.3 Å². The van der Waals surface area contributed by atoms with E-state index in [2.05, 4.69) is 25.5 Å². The predicted molar refractivity (Wildman–Crippen MR) is 155 cm³/mol. The number of rotatable bonds is 9. The number of aromatic amines is 1. The molecule has 5 rings (SSSR count). The lowest BCUT2D eigenvalue weighted by atomic mass is 10.00. The van der Waals surface area contributed by atoms with Gasteiger partial charge in [-0.3, -0.25) is 5.10 Å². The maximum Gasteiger partial charge on any atom is 0.204 e. The average molecular weight is 689 g/mol. The molecule has 1 aliphatic rings. The molecule has 0 bridgehead atoms. The van der Waals surface area contributed by atoms with Gasteiger partial charge in [0.15, 0.2) is 55.7 Å². The number of nitrogens with one attached hydrogen (secondary N) is 2. The molecule has 4 aromatic rings. The van der Waals surface area contributed by atoms with Crippen LogP contribution in [0.2, 0.25) is 0 Å². The summed E-state index contributed by atoms with van der Waals surface area (Å²) in [5.41, 5.74) is -0.809. The highest BCUT2D eigenvalue weighted by atomic mass is 32.2. The van der Waals surface area contributed by atoms with Gasteiger partial charge >= 0.3 is 0 Å². The van der Waals surface area contributed by atoms with Crippen LogP contribution in [0.15, 0.2) is 39.2 Å². The molecule has 46 heavy (non-hydrogen) atoms. The maximum atomic E-state index is 15.5. The highest BCUT2D eigenvalue weighted by molar-refractivity contribution is 7.99. The van der Waals surface area contributed by atoms with Crippen molar-refractivity contribution in [3.63, 3.8) is 0 Å². The van der Waals surface area contributed by atoms with Crippen LogP contribution in [0.4, 0.5) is 43.8 Å². The van der Waals surface area contributed by atoms with Gasteiger partial charge in [-0.15, -0.1) is 0 Å². The highest BCUT2D eigenvalue weighted by Crippen LogP contribution is 2.42. The standard InChI is InChI=1S/C28H26F6N6O4S2/c1-13-11-17(39-38-13)35-25-24(43-4)26(40-7-9-44-10-8-40)37-27(36-25)45-16-6-5-14(12-15(16)29)46(41,42)28(2,3)18-19(30)21(32)23(34)22(33)20(18)31/h5-6,11-12H,7-10H2,1-4H3,(H2,35,36,37,38,39). The highest BCUT2D eigenvalue weighted by Gasteiger charge is 2.45. The third-order valence-electron chi connectivity index (χ3n) is 7.19. The third-order valence-corrected chi connectivity index (χ3v) is 10.5. The van der Waals surface area contributed by atoms with E-state index in [0.717, 1.165) is 43.4 Å². The molecule has 246 valence electrons. The quantitative estimate of drug-likeness (QED) is 0.0967. The fraction of sp³-hybridized carbons (Fsp3) is 0.321. The van der Waals surface area contributed by atoms with Crippen molar-refractivity contribution in [2.24, 2.45) is 0 Å². The topological polar surface area (TPSA) is 122 Å². The number of sulfone groups is 1. The number of aryl methyl sites for hydroxylation is 1. The Balaban J connectivity index is 1.52. The second-order valence-electron chi connectivity index (χ2n) is 10.5. The van der Waals surface area contributed by atoms with Gasteiger partial charge in [-0.05, 0) is 50.7 Å². The second kappa shape index (κ2) is 12.6. The minimum atomic E-state index is -4.94. The first kappa shape index (κ1) is 33.3. The molecule has 0 unspecified atom stereocenters. The molecule has 0 spiro atoms. The molecule has 18 heteroatoms. The van der Waals surface area contributed by atoms with Crippen molar-refractivity contribution in [3.8, 4) is 5.75 Å². The van der Waals surface area contributed by atoms with E-state index in [1.54, 1.807) is 13.0 Å². The van der Waals surface area contributed by atoms with Gasteiger partial charge in [0, 0.05) is 24.8 Å². The smallest absolute Gasteiger partial charge is 0.204 e. The maximum absolute atomic E-state index is 15.5. The lowest BCUT2D eigenvalue weighted by molar-refractivity contribution is 0.122. The van der Waals surface area contributed by atoms with Gasteiger partial charge in [-0.1, -0.05) is 0 Å². The largest absolute Gasteiger partial charge is 0.490 e. The summed E-state index contributed by atoms with van der Waals surface area (Å²) in [6.07, 6.45) is 0. The predicted octanol–water partition coefficient (Wildman–Crippen LogP) is 5.79. The van der Waals surface area contributed by atoms with Crippen molar-refractivity contribution in [1.29, 1.82) is 0 Å². The van der Waals surface area contributed by atoms with E-state index in [-0.39, 0.29) is 21.6 Å². The Hall–Kier alpha value is -4.03. The van der Waals surface area contributed by atoms with Crippen molar-refractivity contribution in [2.45, 2.75) is 40.5 Å². The van der Waals surface area contributed by atoms with Crippen LogP contribution in [0, 0.1) is 41.8 Å². The van der Waals surface area contributed by atoms with E-state index in [1.807, 2.05) is 4.90 Å². The first-order valence-electron chi connectivity index (χ1n) is 13.5. The Morgan fingerprint density at radius 2 is 1.61 bits per heavy atom. The van der Waals surface area contributed by atoms with Gasteiger partial charge in [0.2, 0.25) is 11.6 Å². The molecule has 2 aromatic carbocycles. The molecular formula is C28H26F6N6O4S2. The second-order valence-corrected chi connectivity index (χ2v) is 14.0. The fourth-order valence-electron chi connectivity index (χ4n) is 4.72. The van der Waals surface area contributed by atoms with Crippen LogP contribution < -0.4 is 15.0 Å². The van der Waals surface area contributed by atoms with Gasteiger partial charge < -0.3 is 19.7 Å². The first-order valence-corrected chi connectivity index (χ1v) is 15.8. The van der Waals surface area contributed by atoms with Gasteiger partial charge in [0.25, 0.3) is 0 Å². The van der Waals surface area contributed by atoms with Gasteiger partial charge in [-0.2, -0.15) is 5.10 Å². The molecule has 0 atom stereocenters. The van der Waals surface area contributed by atoms with Gasteiger partial charge in [0.05, 0.1) is 35.7 Å². The minimum Gasteiger partial charge on any atom is -0.490 e. The molecule has 1 fully saturated rings. The molecule has 1 aliphatic heterocycles. The van der Waals surface area contributed by atoms with E-state index in [0.29, 0.717) is 44.0 Å². The van der Waals surface area contributed by atoms with Crippen LogP contribution in [0.3, 0.4) is 0 Å². The summed E-state index contributed by atoms with van der Waals surface area (Å²) in [6.45, 7) is 5.10. The number of H-pyrrole nitrogens is 1. The summed E-state index contributed by atoms with van der Waals surface area (Å²) >= 11 is 0.741. The summed E-state index contributed by atoms with van der Waals surface area (Å²) in [4.78, 5) is 10.0. The number of benzene rings is 2. The summed E-state index contributed by atoms with van der Waals surface area (Å²) in [7, 11) is -3.50. The molecule has 10 nitrogen and oxygen atoms in total. The molecular weight excluding hydrogens is 662 g/mol. The van der Waals surface area contributed by atoms with Crippen LogP contribution >= 0.6 is 11.8 Å². The number of ether oxygens (including phenoxy) is 2. The molecule has 1 saturated heterocycles. The van der Waals surface area contributed by atoms with E-state index in [1.165, 1.54) is 7.11 Å². The van der Waals surface area contributed by atoms with Crippen molar-refractivity contribution < 1.29 is 44.2 Å². The van der Waals surface area contributed by atoms with Crippen molar-refractivity contribution in [2.75, 3.05) is 43.6 Å². The summed E-state index contributed by atoms with van der Waals surface area (Å²) in [5.74, 6) is -11.5. The van der Waals surface area contributed by atoms with Crippen molar-refractivity contribution >= 4 is 39.1 Å². The molecule has 0 amide bonds. The lowest BCUT2D eigenvalue weighted by Gasteiger charge is -2.29. The number of halogens is 6. The van der Waals surface area contributed by atoms with Crippen molar-refractivity contribution in [1.82, 2.24) is 20.2 Å². The van der Waals surface area contributed by atoms with E-state index < -0.39 is 59.9 Å². The number of nitrogens with zero attached hydrogens (tertiary/aromatic N) is 4. The summed E-state index contributed by atoms with van der Waals surface area (Å²) < 4.78 is 122. The number of hydrogen-bond donors (Lipinski definition) is 2. The Labute approximate surface area is 263 Å². The van der Waals surface area contributed by atoms with Crippen molar-refractivity contribution in [3.05, 3.63) is 70.4 Å². The number of hydrogen-bond acceptors (Lipinski definition) is 10. The molecule has 2 N–H and O–H groups in total. The normalized spacial score (nSPS) is 14.1. The van der Waals surface area contributed by atoms with Crippen LogP contribution in [0.25, 0.3) is 0 Å². The average Bonchev–Trinajstić information content (AvgIpc) is 3.44. The van der Waals surface area contributed by atoms with Gasteiger partial charge in [-0.25, -0.2) is 44.7 Å². The van der Waals surface area contributed by atoms with Crippen LogP contribution in [-0.4, -0.2) is 62.0 Å². The Morgan fingerprint density at radius 3 is 2.17 bits per heavy atom. The zero-order valence-electron chi connectivity index (χ0n) is 24.6. The summed E-state index contributed by atoms with van der Waals surface area (Å²) in [5, 5.41) is 10.0. The van der Waals surface area contributed by atoms with Crippen LogP contribution in [0.1, 0.15) is 25.1 Å². The molecule has 3 heterocycles. The first-order chi connectivity index (χ1) is 21.7. The Morgan fingerprint density at radius 1 is 0.978 bits per heavy atom. The molecule has 0 aliphatic carbocycles. The van der Waals surface area contributed by atoms with Crippen LogP contribution in [0.5, 0.6) is 5.75 Å². The van der Waals surface area contributed by atoms with Gasteiger partial charge in [0.1, 0.15) is 10.6 Å². The summed E-state index contributed by atoms with van der Waals surface area (Å²) in [6, 6.07) is 4.33. The minimum absolute atomic E-state index is 0.0355. The van der Waals surface area contributed by atoms with E-state index in [9.17, 15) is 30.4 Å². The lowest BCUT2D eigenvalue weighted by Crippen LogP contribution is -2.37. The Kier molecular flexibility index (Phi) is 9.16. The monoisotopic (exact) mass is 688 g/mol. The fourth-order valence-corrected chi connectivity index (χ4v) is 7.02. The zero-order valence-corrected chi connectivity index (χ0v) is 26.3. The zero-order chi connectivity index (χ0) is 33.6. The molecule has 0 saturated carbocycles. The molecule has 0 radical (unpaired) electrons. The number of aromatic nitrogens is 4. The van der Waals surface area contributed by atoms with E-state index in [4.69, 9.17) is 9.47 Å². The third kappa shape index (κ3) is 5.95. The molecule has 2 aromatic heterocycles. The number of methoxy groups -OCH3 is 1. The Bertz CT molecular complexity index is 1890. The number of morpholine rings is 1.